The fourth-order valence-corrected chi connectivity index (χ4v) is 5.44. The van der Waals surface area contributed by atoms with E-state index in [1.54, 1.807) is 18.2 Å². The third kappa shape index (κ3) is 5.23. The van der Waals surface area contributed by atoms with Crippen molar-refractivity contribution in [3.8, 4) is 11.5 Å². The molecule has 2 aliphatic heterocycles. The summed E-state index contributed by atoms with van der Waals surface area (Å²) >= 11 is 0. The molecule has 1 saturated heterocycles. The number of fused-ring (bicyclic) bond motifs is 1. The predicted octanol–water partition coefficient (Wildman–Crippen LogP) is 3.55. The van der Waals surface area contributed by atoms with Gasteiger partial charge in [-0.2, -0.15) is 0 Å². The van der Waals surface area contributed by atoms with Crippen LogP contribution in [-0.2, 0) is 23.2 Å². The van der Waals surface area contributed by atoms with Crippen LogP contribution in [0.4, 0.5) is 0 Å². The van der Waals surface area contributed by atoms with Gasteiger partial charge in [0.15, 0.2) is 0 Å². The quantitative estimate of drug-likeness (QED) is 0.524. The molecule has 2 aromatic rings. The number of hydrogen-bond donors (Lipinski definition) is 4. The van der Waals surface area contributed by atoms with Gasteiger partial charge in [0.2, 0.25) is 5.91 Å². The minimum Gasteiger partial charge on any atom is -0.508 e. The summed E-state index contributed by atoms with van der Waals surface area (Å²) in [5.74, 6) is 1.39. The van der Waals surface area contributed by atoms with E-state index in [1.807, 2.05) is 18.2 Å². The fraction of sp³-hybridized carbons (Fsp3) is 0.536. The fourth-order valence-electron chi connectivity index (χ4n) is 5.44. The Bertz CT molecular complexity index is 1020. The Labute approximate surface area is 203 Å². The number of likely N-dealkylation sites (tertiary alicyclic amines) is 1. The largest absolute Gasteiger partial charge is 0.508 e. The molecule has 4 atom stereocenters. The minimum atomic E-state index is -0.257. The van der Waals surface area contributed by atoms with Gasteiger partial charge in [0.25, 0.3) is 0 Å². The molecule has 2 aliphatic rings. The number of rotatable bonds is 6. The van der Waals surface area contributed by atoms with E-state index in [-0.39, 0.29) is 29.2 Å². The number of amides is 1. The maximum Gasteiger partial charge on any atom is 0.237 e. The van der Waals surface area contributed by atoms with Crippen LogP contribution >= 0.6 is 0 Å². The molecule has 1 fully saturated rings. The van der Waals surface area contributed by atoms with Crippen molar-refractivity contribution in [3.05, 3.63) is 59.2 Å². The highest BCUT2D eigenvalue weighted by Crippen LogP contribution is 2.40. The molecule has 1 amide bonds. The summed E-state index contributed by atoms with van der Waals surface area (Å²) in [6.45, 7) is 12.3. The first kappa shape index (κ1) is 24.6. The zero-order chi connectivity index (χ0) is 24.5. The van der Waals surface area contributed by atoms with Crippen LogP contribution in [0.1, 0.15) is 50.8 Å². The first-order chi connectivity index (χ1) is 16.2. The number of nitrogens with one attached hydrogen (secondary N) is 2. The molecule has 0 radical (unpaired) electrons. The van der Waals surface area contributed by atoms with Gasteiger partial charge in [0.05, 0.1) is 6.04 Å². The van der Waals surface area contributed by atoms with Crippen molar-refractivity contribution in [2.75, 3.05) is 19.6 Å². The number of nitrogens with zero attached hydrogens (tertiary/aromatic N) is 1. The van der Waals surface area contributed by atoms with Crippen LogP contribution in [-0.4, -0.2) is 52.7 Å². The first-order valence-electron chi connectivity index (χ1n) is 12.5. The highest BCUT2D eigenvalue weighted by molar-refractivity contribution is 5.82. The van der Waals surface area contributed by atoms with Crippen molar-refractivity contribution in [2.45, 2.75) is 64.6 Å². The normalized spacial score (nSPS) is 26.1. The zero-order valence-electron chi connectivity index (χ0n) is 20.8. The van der Waals surface area contributed by atoms with Crippen molar-refractivity contribution >= 4 is 5.91 Å². The molecule has 0 spiro atoms. The van der Waals surface area contributed by atoms with Gasteiger partial charge in [-0.1, -0.05) is 45.9 Å². The van der Waals surface area contributed by atoms with Gasteiger partial charge >= 0.3 is 0 Å². The van der Waals surface area contributed by atoms with Crippen molar-refractivity contribution in [1.29, 1.82) is 0 Å². The van der Waals surface area contributed by atoms with E-state index in [9.17, 15) is 15.0 Å². The van der Waals surface area contributed by atoms with Crippen molar-refractivity contribution in [2.24, 2.45) is 11.8 Å². The van der Waals surface area contributed by atoms with Crippen LogP contribution < -0.4 is 10.6 Å². The molecule has 6 heteroatoms. The van der Waals surface area contributed by atoms with Crippen LogP contribution in [0.25, 0.3) is 0 Å². The number of carbonyl (C=O) groups excluding carboxylic acids is 1. The molecule has 6 nitrogen and oxygen atoms in total. The summed E-state index contributed by atoms with van der Waals surface area (Å²) in [6.07, 6.45) is 1.65. The van der Waals surface area contributed by atoms with Crippen LogP contribution in [0.2, 0.25) is 0 Å². The maximum absolute atomic E-state index is 13.2. The number of phenols is 2. The standard InChI is InChI=1S/C28H39N3O3/c1-18(2)26(30-27(34)25-13-20-8-9-24(33)12-21(20)15-29-25)17-31-11-10-28(4,19(3)16-31)22-6-5-7-23(32)14-22/h5-9,12,14,18-19,25-26,29,32-33H,10-11,13,15-17H2,1-4H3,(H,30,34)/t19-,25-,26+,28+/m0/s1. The number of hydrogen-bond acceptors (Lipinski definition) is 5. The molecule has 34 heavy (non-hydrogen) atoms. The molecule has 0 saturated carbocycles. The second-order valence-electron chi connectivity index (χ2n) is 10.8. The highest BCUT2D eigenvalue weighted by Gasteiger charge is 2.39. The number of phenolic OH excluding ortho intramolecular Hbond substituents is 2. The minimum absolute atomic E-state index is 0.0274. The number of aromatic hydroxyl groups is 2. The van der Waals surface area contributed by atoms with Gasteiger partial charge in [-0.3, -0.25) is 4.79 Å². The molecular formula is C28H39N3O3. The number of carbonyl (C=O) groups is 1. The third-order valence-corrected chi connectivity index (χ3v) is 8.13. The molecule has 184 valence electrons. The molecule has 0 aliphatic carbocycles. The summed E-state index contributed by atoms with van der Waals surface area (Å²) in [5.41, 5.74) is 3.40. The average Bonchev–Trinajstić information content (AvgIpc) is 2.80. The van der Waals surface area contributed by atoms with E-state index in [0.717, 1.165) is 37.2 Å². The maximum atomic E-state index is 13.2. The van der Waals surface area contributed by atoms with E-state index in [1.165, 1.54) is 5.56 Å². The molecule has 4 rings (SSSR count). The van der Waals surface area contributed by atoms with Crippen molar-refractivity contribution in [1.82, 2.24) is 15.5 Å². The summed E-state index contributed by atoms with van der Waals surface area (Å²) in [6, 6.07) is 12.9. The molecule has 4 N–H and O–H groups in total. The van der Waals surface area contributed by atoms with Gasteiger partial charge in [-0.15, -0.1) is 0 Å². The van der Waals surface area contributed by atoms with E-state index < -0.39 is 0 Å². The zero-order valence-corrected chi connectivity index (χ0v) is 20.8. The van der Waals surface area contributed by atoms with Crippen molar-refractivity contribution < 1.29 is 15.0 Å². The topological polar surface area (TPSA) is 84.8 Å². The lowest BCUT2D eigenvalue weighted by Crippen LogP contribution is -2.56. The molecule has 2 aromatic carbocycles. The first-order valence-corrected chi connectivity index (χ1v) is 12.5. The molecule has 2 heterocycles. The van der Waals surface area contributed by atoms with Gasteiger partial charge in [-0.25, -0.2) is 0 Å². The van der Waals surface area contributed by atoms with E-state index in [2.05, 4.69) is 49.3 Å². The molecule has 0 bridgehead atoms. The Morgan fingerprint density at radius 1 is 1.18 bits per heavy atom. The van der Waals surface area contributed by atoms with Gasteiger partial charge < -0.3 is 25.7 Å². The molecule has 0 unspecified atom stereocenters. The van der Waals surface area contributed by atoms with Crippen LogP contribution in [0.3, 0.4) is 0 Å². The summed E-state index contributed by atoms with van der Waals surface area (Å²) < 4.78 is 0. The monoisotopic (exact) mass is 465 g/mol. The smallest absolute Gasteiger partial charge is 0.237 e. The van der Waals surface area contributed by atoms with Gasteiger partial charge in [-0.05, 0) is 77.6 Å². The Balaban J connectivity index is 1.36. The summed E-state index contributed by atoms with van der Waals surface area (Å²) in [5, 5.41) is 26.3. The van der Waals surface area contributed by atoms with Crippen molar-refractivity contribution in [3.63, 3.8) is 0 Å². The molecule has 0 aromatic heterocycles. The van der Waals surface area contributed by atoms with Crippen LogP contribution in [0, 0.1) is 11.8 Å². The Morgan fingerprint density at radius 3 is 2.65 bits per heavy atom. The lowest BCUT2D eigenvalue weighted by Gasteiger charge is -2.46. The summed E-state index contributed by atoms with van der Waals surface area (Å²) in [4.78, 5) is 15.6. The lowest BCUT2D eigenvalue weighted by atomic mass is 9.68. The lowest BCUT2D eigenvalue weighted by molar-refractivity contribution is -0.124. The SMILES string of the molecule is CC(C)[C@@H](CN1CC[C@@](C)(c2cccc(O)c2)[C@@H](C)C1)NC(=O)[C@@H]1Cc2ccc(O)cc2CN1. The van der Waals surface area contributed by atoms with Gasteiger partial charge in [0, 0.05) is 25.7 Å². The Kier molecular flexibility index (Phi) is 7.20. The number of benzene rings is 2. The van der Waals surface area contributed by atoms with Crippen LogP contribution in [0.5, 0.6) is 11.5 Å². The summed E-state index contributed by atoms with van der Waals surface area (Å²) in [7, 11) is 0. The predicted molar refractivity (Wildman–Crippen MR) is 135 cm³/mol. The Morgan fingerprint density at radius 2 is 1.94 bits per heavy atom. The van der Waals surface area contributed by atoms with E-state index in [4.69, 9.17) is 0 Å². The average molecular weight is 466 g/mol. The second-order valence-corrected chi connectivity index (χ2v) is 10.8. The van der Waals surface area contributed by atoms with E-state index >= 15 is 0 Å². The van der Waals surface area contributed by atoms with E-state index in [0.29, 0.717) is 30.6 Å². The highest BCUT2D eigenvalue weighted by atomic mass is 16.3. The second kappa shape index (κ2) is 9.96. The van der Waals surface area contributed by atoms with Crippen LogP contribution in [0.15, 0.2) is 42.5 Å². The number of piperidine rings is 1. The van der Waals surface area contributed by atoms with Gasteiger partial charge in [0.1, 0.15) is 11.5 Å². The Hall–Kier alpha value is -2.57. The molecular weight excluding hydrogens is 426 g/mol. The third-order valence-electron chi connectivity index (χ3n) is 8.13.